The average molecular weight is 209 g/mol. The Labute approximate surface area is 88.9 Å². The fraction of sp³-hybridized carbons (Fsp3) is 0.455. The topological polar surface area (TPSA) is 53.7 Å². The highest BCUT2D eigenvalue weighted by Crippen LogP contribution is 2.28. The first-order valence-corrected chi connectivity index (χ1v) is 4.97. The number of methoxy groups -OCH3 is 1. The third kappa shape index (κ3) is 2.33. The number of benzene rings is 1. The minimum absolute atomic E-state index is 0.126. The maximum atomic E-state index is 5.83. The van der Waals surface area contributed by atoms with Gasteiger partial charge in [-0.3, -0.25) is 0 Å². The normalized spacial score (nSPS) is 20.2. The van der Waals surface area contributed by atoms with E-state index in [9.17, 15) is 0 Å². The van der Waals surface area contributed by atoms with Crippen molar-refractivity contribution in [2.24, 2.45) is 0 Å². The number of nitrogens with two attached hydrogens (primary N) is 1. The van der Waals surface area contributed by atoms with Gasteiger partial charge in [-0.05, 0) is 12.1 Å². The molecule has 0 radical (unpaired) electrons. The Hall–Kier alpha value is -1.42. The Kier molecular flexibility index (Phi) is 2.97. The van der Waals surface area contributed by atoms with E-state index in [1.165, 1.54) is 0 Å². The van der Waals surface area contributed by atoms with Crippen LogP contribution < -0.4 is 15.2 Å². The van der Waals surface area contributed by atoms with Crippen LogP contribution in [-0.2, 0) is 4.74 Å². The number of anilines is 1. The molecule has 15 heavy (non-hydrogen) atoms. The molecule has 0 amide bonds. The van der Waals surface area contributed by atoms with Crippen molar-refractivity contribution in [1.29, 1.82) is 0 Å². The fourth-order valence-corrected chi connectivity index (χ4v) is 1.55. The molecule has 0 saturated carbocycles. The summed E-state index contributed by atoms with van der Waals surface area (Å²) in [7, 11) is 1.61. The molecule has 1 aromatic rings. The van der Waals surface area contributed by atoms with Gasteiger partial charge in [-0.2, -0.15) is 0 Å². The van der Waals surface area contributed by atoms with E-state index in [2.05, 4.69) is 0 Å². The van der Waals surface area contributed by atoms with Crippen LogP contribution in [0.5, 0.6) is 11.5 Å². The number of ether oxygens (including phenoxy) is 3. The number of nitrogen functional groups attached to an aromatic ring is 1. The van der Waals surface area contributed by atoms with E-state index in [1.54, 1.807) is 13.2 Å². The van der Waals surface area contributed by atoms with Crippen molar-refractivity contribution < 1.29 is 14.2 Å². The van der Waals surface area contributed by atoms with Gasteiger partial charge in [0.1, 0.15) is 17.6 Å². The lowest BCUT2D eigenvalue weighted by molar-refractivity contribution is 0.142. The first kappa shape index (κ1) is 10.1. The molecule has 1 aliphatic rings. The molecule has 2 N–H and O–H groups in total. The minimum Gasteiger partial charge on any atom is -0.497 e. The zero-order valence-electron chi connectivity index (χ0n) is 8.73. The van der Waals surface area contributed by atoms with Gasteiger partial charge in [-0.15, -0.1) is 0 Å². The maximum absolute atomic E-state index is 5.83. The summed E-state index contributed by atoms with van der Waals surface area (Å²) in [4.78, 5) is 0. The molecule has 1 aromatic carbocycles. The molecule has 1 heterocycles. The zero-order valence-corrected chi connectivity index (χ0v) is 8.73. The SMILES string of the molecule is COc1ccc(O[C@@H]2CCOC2)c(N)c1. The smallest absolute Gasteiger partial charge is 0.143 e. The van der Waals surface area contributed by atoms with Crippen molar-refractivity contribution in [3.8, 4) is 11.5 Å². The van der Waals surface area contributed by atoms with E-state index < -0.39 is 0 Å². The molecule has 0 aromatic heterocycles. The van der Waals surface area contributed by atoms with Gasteiger partial charge in [0, 0.05) is 12.5 Å². The van der Waals surface area contributed by atoms with Gasteiger partial charge < -0.3 is 19.9 Å². The number of hydrogen-bond donors (Lipinski definition) is 1. The number of hydrogen-bond acceptors (Lipinski definition) is 4. The summed E-state index contributed by atoms with van der Waals surface area (Å²) in [5.41, 5.74) is 6.43. The second-order valence-electron chi connectivity index (χ2n) is 3.51. The highest BCUT2D eigenvalue weighted by molar-refractivity contribution is 5.56. The molecular formula is C11H15NO3. The highest BCUT2D eigenvalue weighted by atomic mass is 16.5. The van der Waals surface area contributed by atoms with Crippen LogP contribution in [0.3, 0.4) is 0 Å². The summed E-state index contributed by atoms with van der Waals surface area (Å²) in [5, 5.41) is 0. The zero-order chi connectivity index (χ0) is 10.7. The summed E-state index contributed by atoms with van der Waals surface area (Å²) in [6.45, 7) is 1.41. The molecule has 1 fully saturated rings. The summed E-state index contributed by atoms with van der Waals surface area (Å²) in [6, 6.07) is 5.42. The van der Waals surface area contributed by atoms with Gasteiger partial charge in [0.25, 0.3) is 0 Å². The Balaban J connectivity index is 2.07. The first-order chi connectivity index (χ1) is 7.29. The monoisotopic (exact) mass is 209 g/mol. The van der Waals surface area contributed by atoms with Crippen LogP contribution >= 0.6 is 0 Å². The van der Waals surface area contributed by atoms with Crippen molar-refractivity contribution in [3.05, 3.63) is 18.2 Å². The van der Waals surface area contributed by atoms with E-state index in [0.717, 1.165) is 18.8 Å². The van der Waals surface area contributed by atoms with Crippen molar-refractivity contribution >= 4 is 5.69 Å². The van der Waals surface area contributed by atoms with E-state index >= 15 is 0 Å². The third-order valence-corrected chi connectivity index (χ3v) is 2.40. The highest BCUT2D eigenvalue weighted by Gasteiger charge is 2.18. The number of rotatable bonds is 3. The Morgan fingerprint density at radius 3 is 2.93 bits per heavy atom. The van der Waals surface area contributed by atoms with Gasteiger partial charge in [-0.25, -0.2) is 0 Å². The molecular weight excluding hydrogens is 194 g/mol. The predicted molar refractivity (Wildman–Crippen MR) is 57.3 cm³/mol. The fourth-order valence-electron chi connectivity index (χ4n) is 1.55. The molecule has 4 heteroatoms. The van der Waals surface area contributed by atoms with Gasteiger partial charge in [0.05, 0.1) is 26.0 Å². The summed E-state index contributed by atoms with van der Waals surface area (Å²) in [6.07, 6.45) is 1.05. The van der Waals surface area contributed by atoms with E-state index in [-0.39, 0.29) is 6.10 Å². The van der Waals surface area contributed by atoms with Gasteiger partial charge >= 0.3 is 0 Å². The maximum Gasteiger partial charge on any atom is 0.143 e. The van der Waals surface area contributed by atoms with Crippen molar-refractivity contribution in [3.63, 3.8) is 0 Å². The van der Waals surface area contributed by atoms with Crippen LogP contribution in [0.15, 0.2) is 18.2 Å². The van der Waals surface area contributed by atoms with Crippen LogP contribution in [0.2, 0.25) is 0 Å². The van der Waals surface area contributed by atoms with Gasteiger partial charge in [0.2, 0.25) is 0 Å². The molecule has 0 unspecified atom stereocenters. The van der Waals surface area contributed by atoms with E-state index in [0.29, 0.717) is 18.0 Å². The molecule has 1 aliphatic heterocycles. The minimum atomic E-state index is 0.126. The van der Waals surface area contributed by atoms with Crippen LogP contribution in [0.1, 0.15) is 6.42 Å². The lowest BCUT2D eigenvalue weighted by atomic mass is 10.2. The lowest BCUT2D eigenvalue weighted by Gasteiger charge is -2.14. The molecule has 0 spiro atoms. The first-order valence-electron chi connectivity index (χ1n) is 4.97. The molecule has 2 rings (SSSR count). The third-order valence-electron chi connectivity index (χ3n) is 2.40. The Bertz CT molecular complexity index is 335. The van der Waals surface area contributed by atoms with E-state index in [1.807, 2.05) is 12.1 Å². The van der Waals surface area contributed by atoms with Crippen LogP contribution in [0.25, 0.3) is 0 Å². The van der Waals surface area contributed by atoms with Crippen LogP contribution in [0.4, 0.5) is 5.69 Å². The summed E-state index contributed by atoms with van der Waals surface area (Å²) < 4.78 is 16.0. The average Bonchev–Trinajstić information content (AvgIpc) is 2.74. The largest absolute Gasteiger partial charge is 0.497 e. The molecule has 4 nitrogen and oxygen atoms in total. The van der Waals surface area contributed by atoms with Crippen LogP contribution in [0, 0.1) is 0 Å². The van der Waals surface area contributed by atoms with Crippen LogP contribution in [-0.4, -0.2) is 26.4 Å². The molecule has 1 saturated heterocycles. The molecule has 1 atom stereocenters. The van der Waals surface area contributed by atoms with E-state index in [4.69, 9.17) is 19.9 Å². The second kappa shape index (κ2) is 4.40. The van der Waals surface area contributed by atoms with Crippen molar-refractivity contribution in [2.45, 2.75) is 12.5 Å². The second-order valence-corrected chi connectivity index (χ2v) is 3.51. The Morgan fingerprint density at radius 2 is 2.33 bits per heavy atom. The standard InChI is InChI=1S/C11H15NO3/c1-13-8-2-3-11(10(12)6-8)15-9-4-5-14-7-9/h2-3,6,9H,4-5,7,12H2,1H3/t9-/m1/s1. The molecule has 82 valence electrons. The van der Waals surface area contributed by atoms with Crippen molar-refractivity contribution in [1.82, 2.24) is 0 Å². The lowest BCUT2D eigenvalue weighted by Crippen LogP contribution is -2.16. The Morgan fingerprint density at radius 1 is 1.47 bits per heavy atom. The quantitative estimate of drug-likeness (QED) is 0.765. The summed E-state index contributed by atoms with van der Waals surface area (Å²) >= 11 is 0. The van der Waals surface area contributed by atoms with Crippen molar-refractivity contribution in [2.75, 3.05) is 26.1 Å². The molecule has 0 aliphatic carbocycles. The van der Waals surface area contributed by atoms with Gasteiger partial charge in [-0.1, -0.05) is 0 Å². The molecule has 0 bridgehead atoms. The van der Waals surface area contributed by atoms with Gasteiger partial charge in [0.15, 0.2) is 0 Å². The summed E-state index contributed by atoms with van der Waals surface area (Å²) in [5.74, 6) is 1.44. The predicted octanol–water partition coefficient (Wildman–Crippen LogP) is 1.45.